The van der Waals surface area contributed by atoms with Gasteiger partial charge in [-0.2, -0.15) is 9.97 Å². The molecule has 6 N–H and O–H groups in total. The first-order valence-corrected chi connectivity index (χ1v) is 15.1. The largest absolute Gasteiger partial charge is 0.387 e. The molecule has 0 bridgehead atoms. The number of hydrogen-bond acceptors (Lipinski definition) is 11. The van der Waals surface area contributed by atoms with Gasteiger partial charge in [0, 0.05) is 31.5 Å². The minimum absolute atomic E-state index is 0.0609. The van der Waals surface area contributed by atoms with Crippen LogP contribution in [-0.2, 0) is 11.2 Å². The van der Waals surface area contributed by atoms with E-state index in [4.69, 9.17) is 14.7 Å². The van der Waals surface area contributed by atoms with Gasteiger partial charge in [-0.1, -0.05) is 67.6 Å². The Morgan fingerprint density at radius 3 is 2.41 bits per heavy atom. The van der Waals surface area contributed by atoms with Gasteiger partial charge in [0.25, 0.3) is 0 Å². The predicted octanol–water partition coefficient (Wildman–Crippen LogP) is 2.52. The number of anilines is 2. The van der Waals surface area contributed by atoms with Gasteiger partial charge in [0.05, 0.1) is 6.33 Å². The van der Waals surface area contributed by atoms with Gasteiger partial charge in [-0.3, -0.25) is 4.57 Å². The third-order valence-corrected chi connectivity index (χ3v) is 8.36. The number of nitrogens with zero attached hydrogens (tertiary/aromatic N) is 6. The average Bonchev–Trinajstić information content (AvgIpc) is 3.87. The molecular weight excluding hydrogens is 560 g/mol. The van der Waals surface area contributed by atoms with Gasteiger partial charge in [-0.05, 0) is 24.1 Å². The van der Waals surface area contributed by atoms with Crippen molar-refractivity contribution in [1.29, 1.82) is 0 Å². The van der Waals surface area contributed by atoms with E-state index in [-0.39, 0.29) is 12.0 Å². The van der Waals surface area contributed by atoms with E-state index in [0.717, 1.165) is 19.5 Å². The number of aliphatic hydroxyl groups excluding tert-OH is 2. The summed E-state index contributed by atoms with van der Waals surface area (Å²) in [6, 6.07) is 20.9. The van der Waals surface area contributed by atoms with Crippen molar-refractivity contribution in [3.8, 4) is 0 Å². The number of ether oxygens (including phenoxy) is 1. The predicted molar refractivity (Wildman–Crippen MR) is 164 cm³/mol. The molecule has 13 heteroatoms. The standard InChI is InChI=1S/C31H36N10O3/c1-2-22-36-28(40-39-22)26-24(42)25(43)30(44-26)41-17-34-23-27(37-31(38-29(23)41)35-20-13-14-32-15-20)33-16-21(18-9-5-3-6-10-18)19-11-7-4-8-12-19/h3-12,17,20-21,24-26,30,32,42-43H,2,13-16H2,1H3,(H,36,39,40)(H2,33,35,37,38)/t20?,24-,25+,26-,30+/m0/s1. The van der Waals surface area contributed by atoms with E-state index >= 15 is 0 Å². The van der Waals surface area contributed by atoms with Crippen LogP contribution >= 0.6 is 0 Å². The highest BCUT2D eigenvalue weighted by Crippen LogP contribution is 2.39. The van der Waals surface area contributed by atoms with E-state index in [1.165, 1.54) is 11.1 Å². The number of aryl methyl sites for hydroxylation is 1. The van der Waals surface area contributed by atoms with Crippen LogP contribution in [0, 0.1) is 0 Å². The van der Waals surface area contributed by atoms with Crippen molar-refractivity contribution >= 4 is 22.9 Å². The van der Waals surface area contributed by atoms with Crippen LogP contribution in [0.4, 0.5) is 11.8 Å². The van der Waals surface area contributed by atoms with Crippen LogP contribution in [0.25, 0.3) is 11.2 Å². The van der Waals surface area contributed by atoms with Gasteiger partial charge in [0.1, 0.15) is 24.1 Å². The summed E-state index contributed by atoms with van der Waals surface area (Å²) in [6.45, 7) is 4.24. The van der Waals surface area contributed by atoms with E-state index < -0.39 is 24.5 Å². The molecule has 0 aliphatic carbocycles. The number of benzene rings is 2. The number of aromatic nitrogens is 7. The summed E-state index contributed by atoms with van der Waals surface area (Å²) in [7, 11) is 0. The van der Waals surface area contributed by atoms with Crippen molar-refractivity contribution in [2.75, 3.05) is 30.3 Å². The van der Waals surface area contributed by atoms with Gasteiger partial charge in [-0.25, -0.2) is 4.98 Å². The fourth-order valence-electron chi connectivity index (χ4n) is 5.96. The first kappa shape index (κ1) is 28.3. The maximum atomic E-state index is 11.1. The quantitative estimate of drug-likeness (QED) is 0.140. The second-order valence-corrected chi connectivity index (χ2v) is 11.2. The van der Waals surface area contributed by atoms with Gasteiger partial charge in [0.15, 0.2) is 29.0 Å². The molecule has 5 aromatic rings. The molecule has 0 saturated carbocycles. The summed E-state index contributed by atoms with van der Waals surface area (Å²) in [5, 5.41) is 40.6. The normalized spacial score (nSPS) is 23.5. The topological polar surface area (TPSA) is 171 Å². The molecule has 5 heterocycles. The third kappa shape index (κ3) is 5.50. The lowest BCUT2D eigenvalue weighted by Gasteiger charge is -2.20. The monoisotopic (exact) mass is 596 g/mol. The fraction of sp³-hybridized carbons (Fsp3) is 0.387. The number of H-pyrrole nitrogens is 1. The highest BCUT2D eigenvalue weighted by atomic mass is 16.6. The van der Waals surface area contributed by atoms with E-state index in [1.54, 1.807) is 10.9 Å². The van der Waals surface area contributed by atoms with E-state index in [9.17, 15) is 10.2 Å². The van der Waals surface area contributed by atoms with Crippen LogP contribution in [0.5, 0.6) is 0 Å². The van der Waals surface area contributed by atoms with Crippen molar-refractivity contribution in [2.24, 2.45) is 0 Å². The van der Waals surface area contributed by atoms with E-state index in [1.807, 2.05) is 43.3 Å². The molecule has 2 aliphatic rings. The number of nitrogens with one attached hydrogen (secondary N) is 4. The maximum absolute atomic E-state index is 11.1. The first-order valence-electron chi connectivity index (χ1n) is 15.1. The lowest BCUT2D eigenvalue weighted by atomic mass is 9.91. The molecule has 2 saturated heterocycles. The Balaban J connectivity index is 1.23. The molecule has 2 aromatic carbocycles. The Kier molecular flexibility index (Phi) is 7.91. The number of rotatable bonds is 10. The third-order valence-electron chi connectivity index (χ3n) is 8.36. The lowest BCUT2D eigenvalue weighted by molar-refractivity contribution is -0.0382. The van der Waals surface area contributed by atoms with Gasteiger partial charge in [0.2, 0.25) is 5.95 Å². The van der Waals surface area contributed by atoms with Crippen molar-refractivity contribution < 1.29 is 14.9 Å². The Morgan fingerprint density at radius 2 is 1.75 bits per heavy atom. The molecule has 44 heavy (non-hydrogen) atoms. The number of aliphatic hydroxyl groups is 2. The van der Waals surface area contributed by atoms with Crippen LogP contribution in [-0.4, -0.2) is 82.8 Å². The summed E-state index contributed by atoms with van der Waals surface area (Å²) in [5.41, 5.74) is 3.36. The molecule has 3 aromatic heterocycles. The molecule has 0 radical (unpaired) electrons. The van der Waals surface area contributed by atoms with Crippen LogP contribution in [0.3, 0.4) is 0 Å². The van der Waals surface area contributed by atoms with Crippen molar-refractivity contribution in [3.63, 3.8) is 0 Å². The van der Waals surface area contributed by atoms with Crippen LogP contribution in [0.2, 0.25) is 0 Å². The Labute approximate surface area is 254 Å². The van der Waals surface area contributed by atoms with E-state index in [2.05, 4.69) is 60.4 Å². The molecule has 0 amide bonds. The maximum Gasteiger partial charge on any atom is 0.227 e. The minimum atomic E-state index is -1.25. The Morgan fingerprint density at radius 1 is 1.00 bits per heavy atom. The Bertz CT molecular complexity index is 1650. The second kappa shape index (κ2) is 12.3. The first-order chi connectivity index (χ1) is 21.6. The summed E-state index contributed by atoms with van der Waals surface area (Å²) in [6.07, 6.45) is -1.16. The zero-order chi connectivity index (χ0) is 30.0. The van der Waals surface area contributed by atoms with Gasteiger partial charge in [-0.15, -0.1) is 10.2 Å². The molecule has 13 nitrogen and oxygen atoms in total. The highest BCUT2D eigenvalue weighted by molar-refractivity contribution is 5.84. The average molecular weight is 597 g/mol. The molecule has 2 aliphatic heterocycles. The zero-order valence-corrected chi connectivity index (χ0v) is 24.3. The zero-order valence-electron chi connectivity index (χ0n) is 24.3. The van der Waals surface area contributed by atoms with E-state index in [0.29, 0.717) is 47.5 Å². The SMILES string of the molecule is CCc1nnc([C@H]2O[C@@H](n3cnc4c(NCC(c5ccccc5)c5ccccc5)nc(NC5CCNC5)nc43)[C@H](O)[C@@H]2O)[nH]1. The van der Waals surface area contributed by atoms with Crippen molar-refractivity contribution in [1.82, 2.24) is 40.0 Å². The molecule has 1 unspecified atom stereocenters. The number of imidazole rings is 1. The number of fused-ring (bicyclic) bond motifs is 1. The van der Waals surface area contributed by atoms with Crippen molar-refractivity contribution in [2.45, 2.75) is 56.3 Å². The summed E-state index contributed by atoms with van der Waals surface area (Å²) >= 11 is 0. The van der Waals surface area contributed by atoms with Crippen LogP contribution in [0.1, 0.15) is 54.4 Å². The summed E-state index contributed by atoms with van der Waals surface area (Å²) < 4.78 is 7.84. The second-order valence-electron chi connectivity index (χ2n) is 11.2. The number of hydrogen-bond donors (Lipinski definition) is 6. The molecular formula is C31H36N10O3. The van der Waals surface area contributed by atoms with Gasteiger partial charge >= 0.3 is 0 Å². The fourth-order valence-corrected chi connectivity index (χ4v) is 5.96. The number of aromatic amines is 1. The van der Waals surface area contributed by atoms with Crippen LogP contribution < -0.4 is 16.0 Å². The highest BCUT2D eigenvalue weighted by Gasteiger charge is 2.46. The Hall–Kier alpha value is -4.43. The lowest BCUT2D eigenvalue weighted by Crippen LogP contribution is -2.29. The molecule has 228 valence electrons. The molecule has 7 rings (SSSR count). The smallest absolute Gasteiger partial charge is 0.227 e. The molecule has 0 spiro atoms. The minimum Gasteiger partial charge on any atom is -0.387 e. The summed E-state index contributed by atoms with van der Waals surface area (Å²) in [5.74, 6) is 2.10. The van der Waals surface area contributed by atoms with Gasteiger partial charge < -0.3 is 35.9 Å². The molecule has 2 fully saturated rings. The van der Waals surface area contributed by atoms with Crippen molar-refractivity contribution in [3.05, 3.63) is 89.8 Å². The molecule has 5 atom stereocenters. The summed E-state index contributed by atoms with van der Waals surface area (Å²) in [4.78, 5) is 17.4. The van der Waals surface area contributed by atoms with Crippen LogP contribution in [0.15, 0.2) is 67.0 Å².